The SMILES string of the molecule is CC1(C)OC(=O)N(C2CCC(NC(=O)O)CC2)C1c1ccccc1. The van der Waals surface area contributed by atoms with Crippen LogP contribution in [-0.2, 0) is 4.74 Å². The minimum absolute atomic E-state index is 0.0273. The summed E-state index contributed by atoms with van der Waals surface area (Å²) in [7, 11) is 0. The van der Waals surface area contributed by atoms with E-state index in [2.05, 4.69) is 5.32 Å². The number of cyclic esters (lactones) is 1. The van der Waals surface area contributed by atoms with E-state index in [0.717, 1.165) is 31.2 Å². The Kier molecular flexibility index (Phi) is 4.39. The highest BCUT2D eigenvalue weighted by Crippen LogP contribution is 2.44. The van der Waals surface area contributed by atoms with Crippen molar-refractivity contribution < 1.29 is 19.4 Å². The monoisotopic (exact) mass is 332 g/mol. The number of ether oxygens (including phenoxy) is 1. The van der Waals surface area contributed by atoms with E-state index in [1.54, 1.807) is 0 Å². The Morgan fingerprint density at radius 1 is 1.21 bits per heavy atom. The Labute approximate surface area is 141 Å². The van der Waals surface area contributed by atoms with Gasteiger partial charge in [0.1, 0.15) is 5.60 Å². The molecule has 1 aliphatic heterocycles. The molecule has 1 aliphatic carbocycles. The van der Waals surface area contributed by atoms with Crippen molar-refractivity contribution in [2.24, 2.45) is 0 Å². The summed E-state index contributed by atoms with van der Waals surface area (Å²) in [6, 6.07) is 9.89. The molecule has 6 heteroatoms. The lowest BCUT2D eigenvalue weighted by atomic mass is 9.86. The first kappa shape index (κ1) is 16.6. The maximum absolute atomic E-state index is 12.5. The van der Waals surface area contributed by atoms with Crippen molar-refractivity contribution in [3.8, 4) is 0 Å². The lowest BCUT2D eigenvalue weighted by Gasteiger charge is -2.38. The summed E-state index contributed by atoms with van der Waals surface area (Å²) in [5.41, 5.74) is 0.480. The maximum atomic E-state index is 12.5. The van der Waals surface area contributed by atoms with E-state index < -0.39 is 11.7 Å². The number of nitrogens with zero attached hydrogens (tertiary/aromatic N) is 1. The van der Waals surface area contributed by atoms with Crippen molar-refractivity contribution in [1.29, 1.82) is 0 Å². The van der Waals surface area contributed by atoms with Crippen LogP contribution in [-0.4, -0.2) is 39.9 Å². The zero-order valence-electron chi connectivity index (χ0n) is 14.1. The van der Waals surface area contributed by atoms with E-state index in [1.165, 1.54) is 0 Å². The standard InChI is InChI=1S/C18H24N2O4/c1-18(2)15(12-6-4-3-5-7-12)20(17(23)24-18)14-10-8-13(9-11-14)19-16(21)22/h3-7,13-15,19H,8-11H2,1-2H3,(H,21,22). The Hall–Kier alpha value is -2.24. The Balaban J connectivity index is 1.78. The molecule has 1 saturated heterocycles. The van der Waals surface area contributed by atoms with E-state index in [0.29, 0.717) is 0 Å². The number of nitrogens with one attached hydrogen (secondary N) is 1. The fourth-order valence-corrected chi connectivity index (χ4v) is 4.00. The zero-order valence-corrected chi connectivity index (χ0v) is 14.1. The van der Waals surface area contributed by atoms with E-state index in [-0.39, 0.29) is 24.2 Å². The molecule has 3 rings (SSSR count). The molecule has 130 valence electrons. The molecule has 1 aromatic rings. The summed E-state index contributed by atoms with van der Waals surface area (Å²) in [6.07, 6.45) is 1.77. The highest BCUT2D eigenvalue weighted by Gasteiger charge is 2.51. The third-order valence-corrected chi connectivity index (χ3v) is 5.03. The average molecular weight is 332 g/mol. The molecule has 0 spiro atoms. The summed E-state index contributed by atoms with van der Waals surface area (Å²) in [4.78, 5) is 25.2. The molecule has 1 atom stereocenters. The van der Waals surface area contributed by atoms with Crippen LogP contribution in [0.25, 0.3) is 0 Å². The molecular weight excluding hydrogens is 308 g/mol. The third-order valence-electron chi connectivity index (χ3n) is 5.03. The second-order valence-electron chi connectivity index (χ2n) is 7.15. The summed E-state index contributed by atoms with van der Waals surface area (Å²) in [5, 5.41) is 11.4. The van der Waals surface area contributed by atoms with Gasteiger partial charge in [0, 0.05) is 12.1 Å². The first-order valence-corrected chi connectivity index (χ1v) is 8.44. The van der Waals surface area contributed by atoms with Crippen LogP contribution in [0.1, 0.15) is 51.1 Å². The number of carbonyl (C=O) groups excluding carboxylic acids is 1. The first-order chi connectivity index (χ1) is 11.4. The third kappa shape index (κ3) is 3.18. The molecule has 2 fully saturated rings. The predicted octanol–water partition coefficient (Wildman–Crippen LogP) is 3.54. The first-order valence-electron chi connectivity index (χ1n) is 8.44. The number of amides is 2. The molecule has 2 aliphatic rings. The van der Waals surface area contributed by atoms with Crippen LogP contribution in [0.5, 0.6) is 0 Å². The van der Waals surface area contributed by atoms with Crippen molar-refractivity contribution in [3.63, 3.8) is 0 Å². The minimum atomic E-state index is -0.984. The smallest absolute Gasteiger partial charge is 0.411 e. The molecule has 1 aromatic carbocycles. The van der Waals surface area contributed by atoms with Gasteiger partial charge in [-0.3, -0.25) is 4.90 Å². The quantitative estimate of drug-likeness (QED) is 0.887. The Bertz CT molecular complexity index is 609. The Morgan fingerprint density at radius 2 is 1.83 bits per heavy atom. The van der Waals surface area contributed by atoms with Crippen LogP contribution >= 0.6 is 0 Å². The number of benzene rings is 1. The molecule has 0 bridgehead atoms. The molecule has 0 radical (unpaired) electrons. The molecule has 1 heterocycles. The Morgan fingerprint density at radius 3 is 2.42 bits per heavy atom. The van der Waals surface area contributed by atoms with Crippen molar-refractivity contribution >= 4 is 12.2 Å². The van der Waals surface area contributed by atoms with E-state index >= 15 is 0 Å². The summed E-state index contributed by atoms with van der Waals surface area (Å²) in [6.45, 7) is 3.89. The summed E-state index contributed by atoms with van der Waals surface area (Å²) in [5.74, 6) is 0. The van der Waals surface area contributed by atoms with Gasteiger partial charge in [-0.1, -0.05) is 30.3 Å². The van der Waals surface area contributed by atoms with Gasteiger partial charge < -0.3 is 15.2 Å². The van der Waals surface area contributed by atoms with Crippen LogP contribution in [0.2, 0.25) is 0 Å². The number of carboxylic acid groups (broad SMARTS) is 1. The van der Waals surface area contributed by atoms with Gasteiger partial charge >= 0.3 is 12.2 Å². The highest BCUT2D eigenvalue weighted by molar-refractivity contribution is 5.72. The molecule has 1 unspecified atom stereocenters. The number of carbonyl (C=O) groups is 2. The fraction of sp³-hybridized carbons (Fsp3) is 0.556. The second kappa shape index (κ2) is 6.34. The van der Waals surface area contributed by atoms with Gasteiger partial charge in [0.05, 0.1) is 6.04 Å². The van der Waals surface area contributed by atoms with E-state index in [1.807, 2.05) is 49.1 Å². The summed E-state index contributed by atoms with van der Waals surface area (Å²) < 4.78 is 5.65. The molecule has 2 N–H and O–H groups in total. The van der Waals surface area contributed by atoms with Gasteiger partial charge in [-0.15, -0.1) is 0 Å². The van der Waals surface area contributed by atoms with Crippen molar-refractivity contribution in [1.82, 2.24) is 10.2 Å². The lowest BCUT2D eigenvalue weighted by Crippen LogP contribution is -2.46. The van der Waals surface area contributed by atoms with Crippen LogP contribution < -0.4 is 5.32 Å². The van der Waals surface area contributed by atoms with Gasteiger partial charge in [0.25, 0.3) is 0 Å². The predicted molar refractivity (Wildman–Crippen MR) is 88.8 cm³/mol. The van der Waals surface area contributed by atoms with Crippen molar-refractivity contribution in [3.05, 3.63) is 35.9 Å². The van der Waals surface area contributed by atoms with Crippen molar-refractivity contribution in [2.75, 3.05) is 0 Å². The van der Waals surface area contributed by atoms with Crippen LogP contribution in [0.3, 0.4) is 0 Å². The van der Waals surface area contributed by atoms with E-state index in [4.69, 9.17) is 9.84 Å². The van der Waals surface area contributed by atoms with Crippen LogP contribution in [0.15, 0.2) is 30.3 Å². The largest absolute Gasteiger partial charge is 0.465 e. The zero-order chi connectivity index (χ0) is 17.3. The second-order valence-corrected chi connectivity index (χ2v) is 7.15. The average Bonchev–Trinajstić information content (AvgIpc) is 2.77. The van der Waals surface area contributed by atoms with Gasteiger partial charge in [-0.25, -0.2) is 9.59 Å². The van der Waals surface area contributed by atoms with E-state index in [9.17, 15) is 9.59 Å². The van der Waals surface area contributed by atoms with Gasteiger partial charge in [-0.05, 0) is 45.1 Å². The minimum Gasteiger partial charge on any atom is -0.465 e. The molecule has 0 aromatic heterocycles. The number of hydrogen-bond acceptors (Lipinski definition) is 3. The van der Waals surface area contributed by atoms with Gasteiger partial charge in [0.2, 0.25) is 0 Å². The number of rotatable bonds is 3. The molecular formula is C18H24N2O4. The fourth-order valence-electron chi connectivity index (χ4n) is 4.00. The molecule has 1 saturated carbocycles. The molecule has 2 amide bonds. The van der Waals surface area contributed by atoms with Crippen molar-refractivity contribution in [2.45, 2.75) is 63.3 Å². The van der Waals surface area contributed by atoms with Gasteiger partial charge in [-0.2, -0.15) is 0 Å². The highest BCUT2D eigenvalue weighted by atomic mass is 16.6. The summed E-state index contributed by atoms with van der Waals surface area (Å²) >= 11 is 0. The topological polar surface area (TPSA) is 78.9 Å². The maximum Gasteiger partial charge on any atom is 0.411 e. The van der Waals surface area contributed by atoms with Gasteiger partial charge in [0.15, 0.2) is 0 Å². The van der Waals surface area contributed by atoms with Crippen LogP contribution in [0, 0.1) is 0 Å². The number of hydrogen-bond donors (Lipinski definition) is 2. The normalized spacial score (nSPS) is 29.2. The molecule has 6 nitrogen and oxygen atoms in total. The molecule has 24 heavy (non-hydrogen) atoms. The lowest BCUT2D eigenvalue weighted by molar-refractivity contribution is 0.0663. The van der Waals surface area contributed by atoms with Crippen LogP contribution in [0.4, 0.5) is 9.59 Å².